The first-order chi connectivity index (χ1) is 16.1. The number of hydrazine groups is 1. The van der Waals surface area contributed by atoms with Gasteiger partial charge in [-0.05, 0) is 23.3 Å². The van der Waals surface area contributed by atoms with Crippen molar-refractivity contribution in [3.63, 3.8) is 0 Å². The molecule has 0 atom stereocenters. The van der Waals surface area contributed by atoms with Gasteiger partial charge in [-0.2, -0.15) is 4.98 Å². The summed E-state index contributed by atoms with van der Waals surface area (Å²) in [4.78, 5) is 35.9. The third-order valence-corrected chi connectivity index (χ3v) is 4.65. The van der Waals surface area contributed by atoms with E-state index in [1.54, 1.807) is 18.3 Å². The molecule has 0 aliphatic heterocycles. The molecular formula is C23H18N6O4. The van der Waals surface area contributed by atoms with E-state index >= 15 is 0 Å². The van der Waals surface area contributed by atoms with Crippen LogP contribution in [0.25, 0.3) is 0 Å². The highest BCUT2D eigenvalue weighted by atomic mass is 16.6. The van der Waals surface area contributed by atoms with Crippen LogP contribution in [0.1, 0.15) is 17.0 Å². The van der Waals surface area contributed by atoms with Crippen LogP contribution in [-0.2, 0) is 4.79 Å². The first-order valence-electron chi connectivity index (χ1n) is 9.86. The van der Waals surface area contributed by atoms with E-state index in [1.165, 1.54) is 6.20 Å². The van der Waals surface area contributed by atoms with Gasteiger partial charge in [0.2, 0.25) is 11.7 Å². The Morgan fingerprint density at radius 3 is 2.18 bits per heavy atom. The van der Waals surface area contributed by atoms with Crippen molar-refractivity contribution in [1.29, 1.82) is 0 Å². The van der Waals surface area contributed by atoms with Gasteiger partial charge < -0.3 is 4.74 Å². The normalized spacial score (nSPS) is 10.5. The fourth-order valence-electron chi connectivity index (χ4n) is 3.19. The van der Waals surface area contributed by atoms with Crippen LogP contribution in [0.4, 0.5) is 11.5 Å². The van der Waals surface area contributed by atoms with E-state index in [4.69, 9.17) is 4.74 Å². The van der Waals surface area contributed by atoms with Gasteiger partial charge in [-0.25, -0.2) is 4.98 Å². The molecule has 2 aromatic carbocycles. The first-order valence-corrected chi connectivity index (χ1v) is 9.86. The molecule has 2 aromatic heterocycles. The Morgan fingerprint density at radius 1 is 0.939 bits per heavy atom. The van der Waals surface area contributed by atoms with Crippen molar-refractivity contribution >= 4 is 17.4 Å². The molecule has 10 heteroatoms. The van der Waals surface area contributed by atoms with E-state index in [1.807, 2.05) is 60.7 Å². The lowest BCUT2D eigenvalue weighted by molar-refractivity contribution is -0.385. The number of pyridine rings is 1. The van der Waals surface area contributed by atoms with Gasteiger partial charge in [-0.15, -0.1) is 0 Å². The van der Waals surface area contributed by atoms with Crippen LogP contribution in [0.15, 0.2) is 91.5 Å². The molecule has 2 heterocycles. The van der Waals surface area contributed by atoms with Gasteiger partial charge in [0.25, 0.3) is 0 Å². The van der Waals surface area contributed by atoms with Gasteiger partial charge in [-0.1, -0.05) is 60.7 Å². The maximum Gasteiger partial charge on any atom is 0.374 e. The summed E-state index contributed by atoms with van der Waals surface area (Å²) < 4.78 is 5.50. The number of amides is 1. The van der Waals surface area contributed by atoms with Crippen molar-refractivity contribution in [2.75, 3.05) is 5.43 Å². The van der Waals surface area contributed by atoms with Gasteiger partial charge in [-0.3, -0.25) is 30.7 Å². The summed E-state index contributed by atoms with van der Waals surface area (Å²) in [7, 11) is 0. The van der Waals surface area contributed by atoms with Crippen molar-refractivity contribution in [2.45, 2.75) is 5.92 Å². The zero-order valence-electron chi connectivity index (χ0n) is 17.2. The summed E-state index contributed by atoms with van der Waals surface area (Å²) in [5.74, 6) is -1.31. The lowest BCUT2D eigenvalue weighted by Gasteiger charge is -2.18. The smallest absolute Gasteiger partial charge is 0.374 e. The second kappa shape index (κ2) is 9.96. The Bertz CT molecular complexity index is 1200. The lowest BCUT2D eigenvalue weighted by Crippen LogP contribution is -2.35. The molecule has 0 saturated carbocycles. The van der Waals surface area contributed by atoms with Gasteiger partial charge >= 0.3 is 11.6 Å². The highest BCUT2D eigenvalue weighted by Crippen LogP contribution is 2.33. The Labute approximate surface area is 188 Å². The minimum absolute atomic E-state index is 0.220. The number of nitrogens with zero attached hydrogens (tertiary/aromatic N) is 4. The minimum Gasteiger partial charge on any atom is -0.432 e. The number of nitro groups is 1. The van der Waals surface area contributed by atoms with Crippen LogP contribution >= 0.6 is 0 Å². The van der Waals surface area contributed by atoms with Crippen LogP contribution in [-0.4, -0.2) is 25.8 Å². The van der Waals surface area contributed by atoms with Crippen molar-refractivity contribution < 1.29 is 14.5 Å². The Morgan fingerprint density at radius 2 is 1.61 bits per heavy atom. The van der Waals surface area contributed by atoms with E-state index in [2.05, 4.69) is 25.8 Å². The molecule has 4 rings (SSSR count). The Kier molecular flexibility index (Phi) is 6.45. The van der Waals surface area contributed by atoms with Crippen LogP contribution in [0.5, 0.6) is 11.6 Å². The summed E-state index contributed by atoms with van der Waals surface area (Å²) in [6.07, 6.45) is 4.03. The molecule has 0 saturated heterocycles. The van der Waals surface area contributed by atoms with Crippen molar-refractivity contribution in [2.24, 2.45) is 0 Å². The van der Waals surface area contributed by atoms with Crippen LogP contribution in [0.2, 0.25) is 0 Å². The number of anilines is 1. The Balaban J connectivity index is 1.59. The van der Waals surface area contributed by atoms with Crippen molar-refractivity contribution in [1.82, 2.24) is 20.4 Å². The monoisotopic (exact) mass is 442 g/mol. The second-order valence-electron chi connectivity index (χ2n) is 6.79. The molecule has 0 aliphatic carbocycles. The molecule has 0 unspecified atom stereocenters. The average Bonchev–Trinajstić information content (AvgIpc) is 2.85. The molecule has 10 nitrogen and oxygen atoms in total. The number of rotatable bonds is 8. The summed E-state index contributed by atoms with van der Waals surface area (Å²) >= 11 is 0. The second-order valence-corrected chi connectivity index (χ2v) is 6.79. The number of hydrogen-bond acceptors (Lipinski definition) is 8. The van der Waals surface area contributed by atoms with Crippen molar-refractivity contribution in [3.05, 3.63) is 113 Å². The zero-order valence-corrected chi connectivity index (χ0v) is 17.2. The molecule has 2 N–H and O–H groups in total. The largest absolute Gasteiger partial charge is 0.432 e. The fourth-order valence-corrected chi connectivity index (χ4v) is 3.19. The quantitative estimate of drug-likeness (QED) is 0.311. The van der Waals surface area contributed by atoms with Gasteiger partial charge in [0.1, 0.15) is 12.1 Å². The van der Waals surface area contributed by atoms with Crippen LogP contribution < -0.4 is 15.6 Å². The predicted octanol–water partition coefficient (Wildman–Crippen LogP) is 3.85. The SMILES string of the molecule is O=C(NNc1ncnc(Oc2cccnc2)c1[N+](=O)[O-])C(c1ccccc1)c1ccccc1. The number of nitrogens with one attached hydrogen (secondary N) is 2. The average molecular weight is 442 g/mol. The van der Waals surface area contributed by atoms with E-state index in [0.29, 0.717) is 0 Å². The third-order valence-electron chi connectivity index (χ3n) is 4.65. The maximum absolute atomic E-state index is 13.1. The Hall–Kier alpha value is -4.86. The molecule has 0 spiro atoms. The number of hydrogen-bond donors (Lipinski definition) is 2. The number of ether oxygens (including phenoxy) is 1. The summed E-state index contributed by atoms with van der Waals surface area (Å²) in [6.45, 7) is 0. The molecule has 0 radical (unpaired) electrons. The summed E-state index contributed by atoms with van der Waals surface area (Å²) in [5.41, 5.74) is 6.08. The van der Waals surface area contributed by atoms with E-state index < -0.39 is 22.4 Å². The van der Waals surface area contributed by atoms with E-state index in [-0.39, 0.29) is 17.4 Å². The standard InChI is InChI=1S/C23H18N6O4/c30-22(19(16-8-3-1-4-9-16)17-10-5-2-6-11-17)28-27-21-20(29(31)32)23(26-15-25-21)33-18-12-7-13-24-14-18/h1-15,19H,(H,28,30)(H,25,26,27). The van der Waals surface area contributed by atoms with Crippen LogP contribution in [0, 0.1) is 10.1 Å². The summed E-state index contributed by atoms with van der Waals surface area (Å²) in [5, 5.41) is 11.7. The molecule has 0 aliphatic rings. The third kappa shape index (κ3) is 5.07. The molecule has 1 amide bonds. The zero-order chi connectivity index (χ0) is 23.0. The molecular weight excluding hydrogens is 424 g/mol. The van der Waals surface area contributed by atoms with Gasteiger partial charge in [0.05, 0.1) is 17.0 Å². The predicted molar refractivity (Wildman–Crippen MR) is 119 cm³/mol. The molecule has 0 bridgehead atoms. The minimum atomic E-state index is -0.688. The van der Waals surface area contributed by atoms with Crippen molar-refractivity contribution in [3.8, 4) is 11.6 Å². The highest BCUT2D eigenvalue weighted by molar-refractivity contribution is 5.88. The lowest BCUT2D eigenvalue weighted by atomic mass is 9.91. The number of benzene rings is 2. The topological polar surface area (TPSA) is 132 Å². The van der Waals surface area contributed by atoms with E-state index in [0.717, 1.165) is 17.5 Å². The maximum atomic E-state index is 13.1. The number of aromatic nitrogens is 3. The van der Waals surface area contributed by atoms with Gasteiger partial charge in [0, 0.05) is 6.20 Å². The molecule has 33 heavy (non-hydrogen) atoms. The molecule has 164 valence electrons. The number of carbonyl (C=O) groups is 1. The summed E-state index contributed by atoms with van der Waals surface area (Å²) in [6, 6.07) is 21.6. The molecule has 4 aromatic rings. The molecule has 0 fully saturated rings. The fraction of sp³-hybridized carbons (Fsp3) is 0.0435. The van der Waals surface area contributed by atoms with E-state index in [9.17, 15) is 14.9 Å². The first kappa shape index (κ1) is 21.4. The van der Waals surface area contributed by atoms with Crippen LogP contribution in [0.3, 0.4) is 0 Å². The highest BCUT2D eigenvalue weighted by Gasteiger charge is 2.27. The number of carbonyl (C=O) groups excluding carboxylic acids is 1. The van der Waals surface area contributed by atoms with Gasteiger partial charge in [0.15, 0.2) is 0 Å².